The predicted molar refractivity (Wildman–Crippen MR) is 96.9 cm³/mol. The summed E-state index contributed by atoms with van der Waals surface area (Å²) in [5.74, 6) is 0.421. The van der Waals surface area contributed by atoms with Crippen molar-refractivity contribution in [3.05, 3.63) is 29.8 Å². The van der Waals surface area contributed by atoms with E-state index in [-0.39, 0.29) is 5.91 Å². The molecule has 0 unspecified atom stereocenters. The van der Waals surface area contributed by atoms with Crippen LogP contribution in [-0.4, -0.2) is 59.2 Å². The van der Waals surface area contributed by atoms with Crippen LogP contribution in [0.2, 0.25) is 0 Å². The van der Waals surface area contributed by atoms with Crippen molar-refractivity contribution in [3.8, 4) is 0 Å². The monoisotopic (exact) mass is 353 g/mol. The number of carbonyl (C=O) groups is 1. The standard InChI is InChI=1S/C17H27N3O3S/c1-19-12-9-14(10-13-19)8-11-18-17(21)15-6-4-5-7-16(15)20(2)24(3,22)23/h4-7,14H,8-13H2,1-3H3,(H,18,21). The second-order valence-corrected chi connectivity index (χ2v) is 8.55. The van der Waals surface area contributed by atoms with Crippen molar-refractivity contribution in [2.75, 3.05) is 44.3 Å². The Kier molecular flexibility index (Phi) is 6.23. The minimum Gasteiger partial charge on any atom is -0.352 e. The number of amides is 1. The Morgan fingerprint density at radius 2 is 1.92 bits per heavy atom. The van der Waals surface area contributed by atoms with E-state index in [4.69, 9.17) is 0 Å². The number of anilines is 1. The molecule has 1 aliphatic heterocycles. The normalized spacial score (nSPS) is 16.8. The van der Waals surface area contributed by atoms with Crippen LogP contribution >= 0.6 is 0 Å². The zero-order chi connectivity index (χ0) is 17.7. The SMILES string of the molecule is CN1CCC(CCNC(=O)c2ccccc2N(C)S(C)(=O)=O)CC1. The molecule has 0 bridgehead atoms. The molecule has 0 radical (unpaired) electrons. The van der Waals surface area contributed by atoms with Gasteiger partial charge in [0.05, 0.1) is 17.5 Å². The summed E-state index contributed by atoms with van der Waals surface area (Å²) in [4.78, 5) is 14.8. The Morgan fingerprint density at radius 1 is 1.29 bits per heavy atom. The minimum atomic E-state index is -3.41. The van der Waals surface area contributed by atoms with Gasteiger partial charge < -0.3 is 10.2 Å². The third-order valence-electron chi connectivity index (χ3n) is 4.66. The lowest BCUT2D eigenvalue weighted by atomic mass is 9.94. The lowest BCUT2D eigenvalue weighted by Crippen LogP contribution is -2.33. The highest BCUT2D eigenvalue weighted by atomic mass is 32.2. The zero-order valence-corrected chi connectivity index (χ0v) is 15.5. The minimum absolute atomic E-state index is 0.228. The molecule has 24 heavy (non-hydrogen) atoms. The van der Waals surface area contributed by atoms with Crippen LogP contribution in [0.25, 0.3) is 0 Å². The topological polar surface area (TPSA) is 69.7 Å². The van der Waals surface area contributed by atoms with Crippen LogP contribution in [0.5, 0.6) is 0 Å². The van der Waals surface area contributed by atoms with E-state index in [1.165, 1.54) is 19.9 Å². The quantitative estimate of drug-likeness (QED) is 0.842. The van der Waals surface area contributed by atoms with Crippen molar-refractivity contribution in [3.63, 3.8) is 0 Å². The number of para-hydroxylation sites is 1. The Balaban J connectivity index is 1.95. The summed E-state index contributed by atoms with van der Waals surface area (Å²) in [5.41, 5.74) is 0.783. The van der Waals surface area contributed by atoms with Crippen LogP contribution in [0.3, 0.4) is 0 Å². The van der Waals surface area contributed by atoms with Crippen LogP contribution in [0.1, 0.15) is 29.6 Å². The average Bonchev–Trinajstić information content (AvgIpc) is 2.55. The number of nitrogens with zero attached hydrogens (tertiary/aromatic N) is 2. The first-order valence-electron chi connectivity index (χ1n) is 8.28. The molecule has 0 atom stereocenters. The molecule has 1 aromatic carbocycles. The van der Waals surface area contributed by atoms with Gasteiger partial charge in [0.2, 0.25) is 10.0 Å². The van der Waals surface area contributed by atoms with E-state index in [0.29, 0.717) is 23.7 Å². The zero-order valence-electron chi connectivity index (χ0n) is 14.7. The Labute approximate surface area is 144 Å². The van der Waals surface area contributed by atoms with E-state index >= 15 is 0 Å². The van der Waals surface area contributed by atoms with Gasteiger partial charge in [-0.2, -0.15) is 0 Å². The van der Waals surface area contributed by atoms with Crippen LogP contribution in [0, 0.1) is 5.92 Å². The fourth-order valence-electron chi connectivity index (χ4n) is 2.95. The summed E-state index contributed by atoms with van der Waals surface area (Å²) in [7, 11) is 0.184. The molecule has 1 aromatic rings. The summed E-state index contributed by atoms with van der Waals surface area (Å²) < 4.78 is 24.6. The third kappa shape index (κ3) is 4.95. The lowest BCUT2D eigenvalue weighted by molar-refractivity contribution is 0.0949. The molecule has 6 nitrogen and oxygen atoms in total. The first-order valence-corrected chi connectivity index (χ1v) is 10.1. The summed E-state index contributed by atoms with van der Waals surface area (Å²) in [6, 6.07) is 6.77. The fraction of sp³-hybridized carbons (Fsp3) is 0.588. The van der Waals surface area contributed by atoms with Gasteiger partial charge in [-0.05, 0) is 57.5 Å². The van der Waals surface area contributed by atoms with Gasteiger partial charge in [-0.1, -0.05) is 12.1 Å². The van der Waals surface area contributed by atoms with E-state index in [9.17, 15) is 13.2 Å². The molecular formula is C17H27N3O3S. The van der Waals surface area contributed by atoms with E-state index in [0.717, 1.165) is 30.1 Å². The molecule has 1 aliphatic rings. The van der Waals surface area contributed by atoms with E-state index in [1.54, 1.807) is 24.3 Å². The molecule has 1 heterocycles. The van der Waals surface area contributed by atoms with Crippen LogP contribution in [-0.2, 0) is 10.0 Å². The number of sulfonamides is 1. The van der Waals surface area contributed by atoms with Gasteiger partial charge in [0.1, 0.15) is 0 Å². The van der Waals surface area contributed by atoms with Crippen LogP contribution in [0.4, 0.5) is 5.69 Å². The fourth-order valence-corrected chi connectivity index (χ4v) is 3.47. The molecule has 1 amide bonds. The number of carbonyl (C=O) groups excluding carboxylic acids is 1. The number of likely N-dealkylation sites (tertiary alicyclic amines) is 1. The number of benzene rings is 1. The highest BCUT2D eigenvalue weighted by molar-refractivity contribution is 7.92. The molecule has 0 spiro atoms. The van der Waals surface area contributed by atoms with Crippen LogP contribution < -0.4 is 9.62 Å². The van der Waals surface area contributed by atoms with E-state index in [1.807, 2.05) is 0 Å². The van der Waals surface area contributed by atoms with Gasteiger partial charge in [-0.25, -0.2) is 8.42 Å². The smallest absolute Gasteiger partial charge is 0.253 e. The maximum atomic E-state index is 12.4. The number of nitrogens with one attached hydrogen (secondary N) is 1. The van der Waals surface area contributed by atoms with Crippen molar-refractivity contribution in [2.45, 2.75) is 19.3 Å². The van der Waals surface area contributed by atoms with Crippen molar-refractivity contribution in [1.29, 1.82) is 0 Å². The van der Waals surface area contributed by atoms with Crippen molar-refractivity contribution in [2.24, 2.45) is 5.92 Å². The second kappa shape index (κ2) is 7.98. The maximum absolute atomic E-state index is 12.4. The number of hydrogen-bond acceptors (Lipinski definition) is 4. The van der Waals surface area contributed by atoms with Crippen LogP contribution in [0.15, 0.2) is 24.3 Å². The van der Waals surface area contributed by atoms with Crippen molar-refractivity contribution < 1.29 is 13.2 Å². The molecule has 134 valence electrons. The molecule has 2 rings (SSSR count). The highest BCUT2D eigenvalue weighted by Crippen LogP contribution is 2.22. The van der Waals surface area contributed by atoms with Gasteiger partial charge in [-0.3, -0.25) is 9.10 Å². The summed E-state index contributed by atoms with van der Waals surface area (Å²) in [5, 5.41) is 2.93. The van der Waals surface area contributed by atoms with E-state index < -0.39 is 10.0 Å². The molecule has 1 N–H and O–H groups in total. The molecule has 1 saturated heterocycles. The molecule has 0 aromatic heterocycles. The largest absolute Gasteiger partial charge is 0.352 e. The number of piperidine rings is 1. The third-order valence-corrected chi connectivity index (χ3v) is 5.85. The molecule has 7 heteroatoms. The lowest BCUT2D eigenvalue weighted by Gasteiger charge is -2.28. The number of rotatable bonds is 6. The van der Waals surface area contributed by atoms with Gasteiger partial charge in [-0.15, -0.1) is 0 Å². The first kappa shape index (κ1) is 18.7. The molecular weight excluding hydrogens is 326 g/mol. The first-order chi connectivity index (χ1) is 11.3. The number of hydrogen-bond donors (Lipinski definition) is 1. The Morgan fingerprint density at radius 3 is 2.54 bits per heavy atom. The van der Waals surface area contributed by atoms with Gasteiger partial charge in [0.25, 0.3) is 5.91 Å². The Bertz CT molecular complexity index is 667. The van der Waals surface area contributed by atoms with Gasteiger partial charge >= 0.3 is 0 Å². The molecule has 0 saturated carbocycles. The maximum Gasteiger partial charge on any atom is 0.253 e. The van der Waals surface area contributed by atoms with Crippen molar-refractivity contribution >= 4 is 21.6 Å². The van der Waals surface area contributed by atoms with E-state index in [2.05, 4.69) is 17.3 Å². The van der Waals surface area contributed by atoms with Gasteiger partial charge in [0.15, 0.2) is 0 Å². The summed E-state index contributed by atoms with van der Waals surface area (Å²) in [6.45, 7) is 2.84. The highest BCUT2D eigenvalue weighted by Gasteiger charge is 2.20. The van der Waals surface area contributed by atoms with Gasteiger partial charge in [0, 0.05) is 13.6 Å². The van der Waals surface area contributed by atoms with Crippen molar-refractivity contribution in [1.82, 2.24) is 10.2 Å². The second-order valence-electron chi connectivity index (χ2n) is 6.54. The Hall–Kier alpha value is -1.60. The molecule has 0 aliphatic carbocycles. The average molecular weight is 353 g/mol. The summed E-state index contributed by atoms with van der Waals surface area (Å²) >= 11 is 0. The molecule has 1 fully saturated rings. The summed E-state index contributed by atoms with van der Waals surface area (Å²) in [6.07, 6.45) is 4.42. The predicted octanol–water partition coefficient (Wildman–Crippen LogP) is 1.54.